The molecule has 1 aromatic heterocycles. The van der Waals surface area contributed by atoms with Crippen molar-refractivity contribution in [2.45, 2.75) is 19.4 Å². The van der Waals surface area contributed by atoms with Gasteiger partial charge in [-0.15, -0.1) is 0 Å². The number of aromatic amines is 1. The molecule has 2 rings (SSSR count). The minimum absolute atomic E-state index is 0.0656. The molecule has 7 heteroatoms. The van der Waals surface area contributed by atoms with E-state index in [0.717, 1.165) is 11.1 Å². The summed E-state index contributed by atoms with van der Waals surface area (Å²) in [5.41, 5.74) is 2.37. The van der Waals surface area contributed by atoms with Crippen LogP contribution in [0.2, 0.25) is 0 Å². The average Bonchev–Trinajstić information content (AvgIpc) is 2.97. The zero-order valence-corrected chi connectivity index (χ0v) is 11.3. The number of carbonyl (C=O) groups excluding carboxylic acids is 1. The van der Waals surface area contributed by atoms with Gasteiger partial charge >= 0.3 is 12.0 Å². The number of H-pyrrole nitrogens is 1. The average molecular weight is 288 g/mol. The normalized spacial score (nSPS) is 10.1. The lowest BCUT2D eigenvalue weighted by atomic mass is 10.1. The lowest BCUT2D eigenvalue weighted by Crippen LogP contribution is -2.28. The summed E-state index contributed by atoms with van der Waals surface area (Å²) in [5.74, 6) is -0.841. The number of amides is 2. The molecule has 2 aromatic rings. The smallest absolute Gasteiger partial charge is 0.319 e. The van der Waals surface area contributed by atoms with Gasteiger partial charge in [0.2, 0.25) is 0 Å². The highest BCUT2D eigenvalue weighted by atomic mass is 16.4. The topological polar surface area (TPSA) is 107 Å². The van der Waals surface area contributed by atoms with Gasteiger partial charge in [-0.25, -0.2) is 4.79 Å². The van der Waals surface area contributed by atoms with E-state index < -0.39 is 5.97 Å². The Hall–Kier alpha value is -2.83. The monoisotopic (exact) mass is 288 g/mol. The number of rotatable bonds is 6. The number of nitrogens with one attached hydrogen (secondary N) is 3. The van der Waals surface area contributed by atoms with Crippen LogP contribution in [-0.4, -0.2) is 27.3 Å². The molecule has 0 spiro atoms. The zero-order valence-electron chi connectivity index (χ0n) is 11.3. The van der Waals surface area contributed by atoms with Crippen LogP contribution in [0.15, 0.2) is 36.7 Å². The van der Waals surface area contributed by atoms with Crippen LogP contribution < -0.4 is 10.6 Å². The Morgan fingerprint density at radius 2 is 2.14 bits per heavy atom. The van der Waals surface area contributed by atoms with Crippen molar-refractivity contribution in [3.05, 3.63) is 47.8 Å². The standard InChI is InChI=1S/C14H16N4O3/c19-13(20)5-4-10-2-1-3-12(6-10)18-14(21)15-7-11-8-16-17-9-11/h1-3,6,8-9H,4-5,7H2,(H,16,17)(H,19,20)(H2,15,18,21). The molecule has 0 aliphatic rings. The molecule has 0 radical (unpaired) electrons. The Balaban J connectivity index is 1.85. The Morgan fingerprint density at radius 1 is 1.29 bits per heavy atom. The number of aliphatic carboxylic acids is 1. The Bertz CT molecular complexity index is 610. The van der Waals surface area contributed by atoms with Gasteiger partial charge in [0.15, 0.2) is 0 Å². The van der Waals surface area contributed by atoms with Gasteiger partial charge in [0.25, 0.3) is 0 Å². The van der Waals surface area contributed by atoms with E-state index in [1.54, 1.807) is 30.6 Å². The van der Waals surface area contributed by atoms with E-state index in [1.165, 1.54) is 0 Å². The van der Waals surface area contributed by atoms with Crippen LogP contribution in [0.5, 0.6) is 0 Å². The third-order valence-electron chi connectivity index (χ3n) is 2.82. The summed E-state index contributed by atoms with van der Waals surface area (Å²) in [6, 6.07) is 6.80. The molecule has 110 valence electrons. The number of anilines is 1. The van der Waals surface area contributed by atoms with Crippen molar-refractivity contribution >= 4 is 17.7 Å². The fourth-order valence-corrected chi connectivity index (χ4v) is 1.79. The molecule has 0 aliphatic heterocycles. The molecule has 0 saturated heterocycles. The Kier molecular flexibility index (Phi) is 4.92. The highest BCUT2D eigenvalue weighted by Gasteiger charge is 2.04. The van der Waals surface area contributed by atoms with Crippen LogP contribution >= 0.6 is 0 Å². The molecule has 1 heterocycles. The zero-order chi connectivity index (χ0) is 15.1. The fraction of sp³-hybridized carbons (Fsp3) is 0.214. The SMILES string of the molecule is O=C(O)CCc1cccc(NC(=O)NCc2cn[nH]c2)c1. The second-order valence-electron chi connectivity index (χ2n) is 4.51. The number of hydrogen-bond acceptors (Lipinski definition) is 3. The predicted molar refractivity (Wildman–Crippen MR) is 76.8 cm³/mol. The number of nitrogens with zero attached hydrogens (tertiary/aromatic N) is 1. The molecule has 0 bridgehead atoms. The molecule has 1 aromatic carbocycles. The Morgan fingerprint density at radius 3 is 2.86 bits per heavy atom. The van der Waals surface area contributed by atoms with E-state index in [-0.39, 0.29) is 12.5 Å². The van der Waals surface area contributed by atoms with E-state index in [9.17, 15) is 9.59 Å². The number of aryl methyl sites for hydroxylation is 1. The molecular formula is C14H16N4O3. The van der Waals surface area contributed by atoms with Crippen LogP contribution in [0.4, 0.5) is 10.5 Å². The van der Waals surface area contributed by atoms with Crippen LogP contribution in [0.3, 0.4) is 0 Å². The number of aromatic nitrogens is 2. The van der Waals surface area contributed by atoms with Crippen molar-refractivity contribution in [3.63, 3.8) is 0 Å². The summed E-state index contributed by atoms with van der Waals surface area (Å²) >= 11 is 0. The van der Waals surface area contributed by atoms with Gasteiger partial charge in [0.1, 0.15) is 0 Å². The molecule has 0 unspecified atom stereocenters. The van der Waals surface area contributed by atoms with Gasteiger partial charge in [-0.05, 0) is 24.1 Å². The van der Waals surface area contributed by atoms with Crippen molar-refractivity contribution in [1.82, 2.24) is 15.5 Å². The van der Waals surface area contributed by atoms with E-state index in [4.69, 9.17) is 5.11 Å². The van der Waals surface area contributed by atoms with E-state index in [0.29, 0.717) is 18.7 Å². The van der Waals surface area contributed by atoms with Gasteiger partial charge in [-0.3, -0.25) is 9.89 Å². The first-order valence-corrected chi connectivity index (χ1v) is 6.47. The van der Waals surface area contributed by atoms with Gasteiger partial charge in [-0.1, -0.05) is 12.1 Å². The maximum atomic E-state index is 11.7. The minimum atomic E-state index is -0.841. The van der Waals surface area contributed by atoms with E-state index in [2.05, 4.69) is 20.8 Å². The molecule has 4 N–H and O–H groups in total. The minimum Gasteiger partial charge on any atom is -0.481 e. The summed E-state index contributed by atoms with van der Waals surface area (Å²) in [5, 5.41) is 20.5. The van der Waals surface area contributed by atoms with Crippen molar-refractivity contribution in [2.24, 2.45) is 0 Å². The third-order valence-corrected chi connectivity index (χ3v) is 2.82. The Labute approximate surface area is 121 Å². The summed E-state index contributed by atoms with van der Waals surface area (Å²) in [6.45, 7) is 0.376. The molecule has 0 atom stereocenters. The number of benzene rings is 1. The molecule has 0 saturated carbocycles. The molecule has 0 fully saturated rings. The first-order chi connectivity index (χ1) is 10.1. The highest BCUT2D eigenvalue weighted by Crippen LogP contribution is 2.12. The molecule has 21 heavy (non-hydrogen) atoms. The number of carboxylic acids is 1. The van der Waals surface area contributed by atoms with Crippen molar-refractivity contribution in [2.75, 3.05) is 5.32 Å². The van der Waals surface area contributed by atoms with E-state index >= 15 is 0 Å². The number of hydrogen-bond donors (Lipinski definition) is 4. The summed E-state index contributed by atoms with van der Waals surface area (Å²) in [7, 11) is 0. The van der Waals surface area contributed by atoms with Crippen LogP contribution in [0.25, 0.3) is 0 Å². The second-order valence-corrected chi connectivity index (χ2v) is 4.51. The summed E-state index contributed by atoms with van der Waals surface area (Å²) < 4.78 is 0. The highest BCUT2D eigenvalue weighted by molar-refractivity contribution is 5.89. The van der Waals surface area contributed by atoms with E-state index in [1.807, 2.05) is 6.07 Å². The number of carbonyl (C=O) groups is 2. The molecule has 2 amide bonds. The molecule has 0 aliphatic carbocycles. The first kappa shape index (κ1) is 14.6. The van der Waals surface area contributed by atoms with Gasteiger partial charge in [-0.2, -0.15) is 5.10 Å². The molecule has 7 nitrogen and oxygen atoms in total. The fourth-order valence-electron chi connectivity index (χ4n) is 1.79. The predicted octanol–water partition coefficient (Wildman–Crippen LogP) is 1.75. The lowest BCUT2D eigenvalue weighted by molar-refractivity contribution is -0.136. The molecular weight excluding hydrogens is 272 g/mol. The first-order valence-electron chi connectivity index (χ1n) is 6.47. The van der Waals surface area contributed by atoms with Crippen LogP contribution in [0, 0.1) is 0 Å². The number of urea groups is 1. The quantitative estimate of drug-likeness (QED) is 0.649. The lowest BCUT2D eigenvalue weighted by Gasteiger charge is -2.08. The van der Waals surface area contributed by atoms with Gasteiger partial charge in [0, 0.05) is 30.4 Å². The number of carboxylic acid groups (broad SMARTS) is 1. The maximum absolute atomic E-state index is 11.7. The van der Waals surface area contributed by atoms with Crippen molar-refractivity contribution in [3.8, 4) is 0 Å². The largest absolute Gasteiger partial charge is 0.481 e. The summed E-state index contributed by atoms with van der Waals surface area (Å²) in [6.07, 6.45) is 3.83. The van der Waals surface area contributed by atoms with Crippen molar-refractivity contribution in [1.29, 1.82) is 0 Å². The van der Waals surface area contributed by atoms with Gasteiger partial charge in [0.05, 0.1) is 6.20 Å². The van der Waals surface area contributed by atoms with Crippen LogP contribution in [0.1, 0.15) is 17.5 Å². The second kappa shape index (κ2) is 7.09. The summed E-state index contributed by atoms with van der Waals surface area (Å²) in [4.78, 5) is 22.3. The van der Waals surface area contributed by atoms with Gasteiger partial charge < -0.3 is 15.7 Å². The van der Waals surface area contributed by atoms with Crippen LogP contribution in [-0.2, 0) is 17.8 Å². The third kappa shape index (κ3) is 4.98. The van der Waals surface area contributed by atoms with Crippen molar-refractivity contribution < 1.29 is 14.7 Å². The maximum Gasteiger partial charge on any atom is 0.319 e.